The Morgan fingerprint density at radius 2 is 1.88 bits per heavy atom. The molecule has 2 nitrogen and oxygen atoms in total. The van der Waals surface area contributed by atoms with Crippen molar-refractivity contribution in [2.24, 2.45) is 5.73 Å². The molecule has 0 saturated carbocycles. The van der Waals surface area contributed by atoms with Crippen LogP contribution < -0.4 is 10.5 Å². The highest BCUT2D eigenvalue weighted by molar-refractivity contribution is 7.80. The van der Waals surface area contributed by atoms with E-state index in [-0.39, 0.29) is 18.4 Å². The molecule has 4 heteroatoms. The van der Waals surface area contributed by atoms with Crippen LogP contribution in [0.15, 0.2) is 30.3 Å². The number of hydrogen-bond donors (Lipinski definition) is 2. The highest BCUT2D eigenvalue weighted by Crippen LogP contribution is 2.09. The van der Waals surface area contributed by atoms with Gasteiger partial charge in [-0.3, -0.25) is 0 Å². The van der Waals surface area contributed by atoms with Crippen LogP contribution in [0.25, 0.3) is 0 Å². The fraction of sp³-hybridized carbons (Fsp3) is 0.500. The van der Waals surface area contributed by atoms with Crippen LogP contribution in [-0.2, 0) is 0 Å². The number of benzene rings is 1. The second-order valence-electron chi connectivity index (χ2n) is 3.60. The van der Waals surface area contributed by atoms with E-state index >= 15 is 0 Å². The fourth-order valence-corrected chi connectivity index (χ4v) is 1.49. The SMILES string of the molecule is Cl.N[C@H](CS)CCCCOc1ccccc1. The summed E-state index contributed by atoms with van der Waals surface area (Å²) in [6, 6.07) is 10.1. The first-order valence-corrected chi connectivity index (χ1v) is 6.00. The molecule has 0 fully saturated rings. The van der Waals surface area contributed by atoms with Gasteiger partial charge in [-0.15, -0.1) is 12.4 Å². The molecule has 0 aromatic heterocycles. The van der Waals surface area contributed by atoms with Crippen molar-refractivity contribution >= 4 is 25.0 Å². The Morgan fingerprint density at radius 3 is 2.50 bits per heavy atom. The van der Waals surface area contributed by atoms with E-state index in [1.165, 1.54) is 0 Å². The Hall–Kier alpha value is -0.380. The molecule has 0 saturated heterocycles. The van der Waals surface area contributed by atoms with E-state index in [2.05, 4.69) is 12.6 Å². The van der Waals surface area contributed by atoms with Crippen LogP contribution in [0.4, 0.5) is 0 Å². The number of unbranched alkanes of at least 4 members (excludes halogenated alkanes) is 1. The molecule has 1 aromatic carbocycles. The van der Waals surface area contributed by atoms with Crippen LogP contribution in [0.2, 0.25) is 0 Å². The van der Waals surface area contributed by atoms with E-state index in [0.717, 1.165) is 37.4 Å². The molecule has 1 rings (SSSR count). The molecule has 0 unspecified atom stereocenters. The van der Waals surface area contributed by atoms with Gasteiger partial charge < -0.3 is 10.5 Å². The van der Waals surface area contributed by atoms with Gasteiger partial charge in [0.25, 0.3) is 0 Å². The summed E-state index contributed by atoms with van der Waals surface area (Å²) in [4.78, 5) is 0. The lowest BCUT2D eigenvalue weighted by atomic mass is 10.1. The zero-order valence-electron chi connectivity index (χ0n) is 9.34. The first kappa shape index (κ1) is 15.6. The standard InChI is InChI=1S/C12H19NOS.ClH/c13-11(10-15)6-4-5-9-14-12-7-2-1-3-8-12;/h1-3,7-8,11,15H,4-6,9-10,13H2;1H/t11-;/m0./s1. The third-order valence-corrected chi connectivity index (χ3v) is 2.68. The van der Waals surface area contributed by atoms with E-state index in [9.17, 15) is 0 Å². The average molecular weight is 262 g/mol. The number of hydrogen-bond acceptors (Lipinski definition) is 3. The number of halogens is 1. The molecule has 0 radical (unpaired) electrons. The van der Waals surface area contributed by atoms with Crippen molar-refractivity contribution in [1.82, 2.24) is 0 Å². The minimum Gasteiger partial charge on any atom is -0.494 e. The number of para-hydroxylation sites is 1. The highest BCUT2D eigenvalue weighted by atomic mass is 35.5. The van der Waals surface area contributed by atoms with Gasteiger partial charge in [0, 0.05) is 11.8 Å². The average Bonchev–Trinajstić information content (AvgIpc) is 2.29. The largest absolute Gasteiger partial charge is 0.494 e. The van der Waals surface area contributed by atoms with Crippen LogP contribution >= 0.6 is 25.0 Å². The molecule has 0 spiro atoms. The van der Waals surface area contributed by atoms with Crippen molar-refractivity contribution in [2.45, 2.75) is 25.3 Å². The maximum atomic E-state index is 5.75. The summed E-state index contributed by atoms with van der Waals surface area (Å²) >= 11 is 4.14. The zero-order valence-corrected chi connectivity index (χ0v) is 11.1. The fourth-order valence-electron chi connectivity index (χ4n) is 1.31. The Morgan fingerprint density at radius 1 is 1.19 bits per heavy atom. The predicted octanol–water partition coefficient (Wildman–Crippen LogP) is 2.91. The zero-order chi connectivity index (χ0) is 10.9. The maximum Gasteiger partial charge on any atom is 0.119 e. The maximum absolute atomic E-state index is 5.75. The number of ether oxygens (including phenoxy) is 1. The van der Waals surface area contributed by atoms with Gasteiger partial charge in [-0.25, -0.2) is 0 Å². The number of rotatable bonds is 7. The summed E-state index contributed by atoms with van der Waals surface area (Å²) in [5.41, 5.74) is 5.75. The van der Waals surface area contributed by atoms with Crippen molar-refractivity contribution in [3.05, 3.63) is 30.3 Å². The first-order chi connectivity index (χ1) is 7.33. The molecular weight excluding hydrogens is 242 g/mol. The van der Waals surface area contributed by atoms with Crippen molar-refractivity contribution in [1.29, 1.82) is 0 Å². The molecular formula is C12H20ClNOS. The van der Waals surface area contributed by atoms with Crippen LogP contribution in [0, 0.1) is 0 Å². The molecule has 1 atom stereocenters. The van der Waals surface area contributed by atoms with Gasteiger partial charge in [0.15, 0.2) is 0 Å². The Kier molecular flexibility index (Phi) is 9.59. The molecule has 92 valence electrons. The van der Waals surface area contributed by atoms with Crippen LogP contribution in [-0.4, -0.2) is 18.4 Å². The van der Waals surface area contributed by atoms with Crippen LogP contribution in [0.1, 0.15) is 19.3 Å². The second kappa shape index (κ2) is 9.82. The normalized spacial score (nSPS) is 11.6. The van der Waals surface area contributed by atoms with Gasteiger partial charge in [0.2, 0.25) is 0 Å². The van der Waals surface area contributed by atoms with Crippen molar-refractivity contribution in [3.63, 3.8) is 0 Å². The van der Waals surface area contributed by atoms with Crippen LogP contribution in [0.3, 0.4) is 0 Å². The minimum absolute atomic E-state index is 0. The molecule has 0 bridgehead atoms. The Labute approximate surface area is 109 Å². The molecule has 0 heterocycles. The van der Waals surface area contributed by atoms with Crippen molar-refractivity contribution < 1.29 is 4.74 Å². The lowest BCUT2D eigenvalue weighted by molar-refractivity contribution is 0.304. The Bertz CT molecular complexity index is 258. The smallest absolute Gasteiger partial charge is 0.119 e. The molecule has 0 aliphatic heterocycles. The van der Waals surface area contributed by atoms with Crippen molar-refractivity contribution in [2.75, 3.05) is 12.4 Å². The van der Waals surface area contributed by atoms with Crippen molar-refractivity contribution in [3.8, 4) is 5.75 Å². The summed E-state index contributed by atoms with van der Waals surface area (Å²) in [6.07, 6.45) is 3.19. The predicted molar refractivity (Wildman–Crippen MR) is 74.9 cm³/mol. The number of thiol groups is 1. The van der Waals surface area contributed by atoms with Gasteiger partial charge in [-0.2, -0.15) is 12.6 Å². The molecule has 16 heavy (non-hydrogen) atoms. The third kappa shape index (κ3) is 6.99. The second-order valence-corrected chi connectivity index (χ2v) is 3.97. The van der Waals surface area contributed by atoms with Gasteiger partial charge in [-0.1, -0.05) is 18.2 Å². The van der Waals surface area contributed by atoms with Gasteiger partial charge in [-0.05, 0) is 31.4 Å². The van der Waals surface area contributed by atoms with E-state index in [1.54, 1.807) is 0 Å². The lowest BCUT2D eigenvalue weighted by Gasteiger charge is -2.08. The van der Waals surface area contributed by atoms with E-state index < -0.39 is 0 Å². The topological polar surface area (TPSA) is 35.2 Å². The van der Waals surface area contributed by atoms with Gasteiger partial charge in [0.1, 0.15) is 5.75 Å². The molecule has 0 aliphatic rings. The van der Waals surface area contributed by atoms with E-state index in [4.69, 9.17) is 10.5 Å². The van der Waals surface area contributed by atoms with Crippen LogP contribution in [0.5, 0.6) is 5.75 Å². The molecule has 0 amide bonds. The summed E-state index contributed by atoms with van der Waals surface area (Å²) < 4.78 is 5.56. The first-order valence-electron chi connectivity index (χ1n) is 5.37. The number of nitrogens with two attached hydrogens (primary N) is 1. The van der Waals surface area contributed by atoms with E-state index in [1.807, 2.05) is 30.3 Å². The lowest BCUT2D eigenvalue weighted by Crippen LogP contribution is -2.21. The summed E-state index contributed by atoms with van der Waals surface area (Å²) in [5, 5.41) is 0. The summed E-state index contributed by atoms with van der Waals surface area (Å²) in [5.74, 6) is 1.70. The van der Waals surface area contributed by atoms with E-state index in [0.29, 0.717) is 0 Å². The van der Waals surface area contributed by atoms with Gasteiger partial charge >= 0.3 is 0 Å². The molecule has 0 aliphatic carbocycles. The monoisotopic (exact) mass is 261 g/mol. The minimum atomic E-state index is 0. The van der Waals surface area contributed by atoms with Gasteiger partial charge in [0.05, 0.1) is 6.61 Å². The quantitative estimate of drug-likeness (QED) is 0.585. The highest BCUT2D eigenvalue weighted by Gasteiger charge is 1.98. The molecule has 1 aromatic rings. The third-order valence-electron chi connectivity index (χ3n) is 2.22. The summed E-state index contributed by atoms with van der Waals surface area (Å²) in [7, 11) is 0. The molecule has 2 N–H and O–H groups in total. The summed E-state index contributed by atoms with van der Waals surface area (Å²) in [6.45, 7) is 0.767. The Balaban J connectivity index is 0.00000225.